The Balaban J connectivity index is 2.25. The molecule has 2 atom stereocenters. The van der Waals surface area contributed by atoms with Crippen LogP contribution in [-0.4, -0.2) is 31.4 Å². The quantitative estimate of drug-likeness (QED) is 0.802. The van der Waals surface area contributed by atoms with Crippen molar-refractivity contribution in [3.05, 3.63) is 60.2 Å². The summed E-state index contributed by atoms with van der Waals surface area (Å²) in [4.78, 5) is 11.7. The van der Waals surface area contributed by atoms with Crippen molar-refractivity contribution in [2.45, 2.75) is 12.1 Å². The third-order valence-corrected chi connectivity index (χ3v) is 3.33. The zero-order valence-electron chi connectivity index (χ0n) is 12.5. The minimum Gasteiger partial charge on any atom is -0.497 e. The van der Waals surface area contributed by atoms with E-state index in [0.717, 1.165) is 17.0 Å². The molecule has 0 amide bonds. The Hall–Kier alpha value is -2.53. The molecule has 0 fully saturated rings. The van der Waals surface area contributed by atoms with Crippen LogP contribution in [0.25, 0.3) is 0 Å². The molecule has 0 unspecified atom stereocenters. The van der Waals surface area contributed by atoms with E-state index in [4.69, 9.17) is 4.74 Å². The van der Waals surface area contributed by atoms with E-state index < -0.39 is 18.1 Å². The summed E-state index contributed by atoms with van der Waals surface area (Å²) in [5.41, 5.74) is 1.55. The smallest absolute Gasteiger partial charge is 0.337 e. The first-order valence-electron chi connectivity index (χ1n) is 6.87. The molecule has 22 heavy (non-hydrogen) atoms. The lowest BCUT2D eigenvalue weighted by Crippen LogP contribution is -2.33. The van der Waals surface area contributed by atoms with Gasteiger partial charge in [-0.15, -0.1) is 0 Å². The van der Waals surface area contributed by atoms with E-state index in [2.05, 4.69) is 10.1 Å². The number of aliphatic hydroxyl groups is 1. The maximum atomic E-state index is 11.7. The van der Waals surface area contributed by atoms with Crippen LogP contribution in [0.5, 0.6) is 5.75 Å². The first-order valence-corrected chi connectivity index (χ1v) is 6.87. The monoisotopic (exact) mass is 301 g/mol. The topological polar surface area (TPSA) is 67.8 Å². The summed E-state index contributed by atoms with van der Waals surface area (Å²) in [6.07, 6.45) is -1.31. The maximum absolute atomic E-state index is 11.7. The SMILES string of the molecule is COC(=O)[C@@H](O)[C@H](Nc1ccc(OC)cc1)c1ccccc1. The van der Waals surface area contributed by atoms with Gasteiger partial charge in [0, 0.05) is 5.69 Å². The zero-order valence-corrected chi connectivity index (χ0v) is 12.5. The van der Waals surface area contributed by atoms with Crippen LogP contribution in [0, 0.1) is 0 Å². The Kier molecular flexibility index (Phi) is 5.38. The summed E-state index contributed by atoms with van der Waals surface area (Å²) in [5, 5.41) is 13.4. The molecule has 2 N–H and O–H groups in total. The lowest BCUT2D eigenvalue weighted by Gasteiger charge is -2.24. The van der Waals surface area contributed by atoms with Gasteiger partial charge < -0.3 is 19.9 Å². The number of nitrogens with one attached hydrogen (secondary N) is 1. The highest BCUT2D eigenvalue weighted by molar-refractivity contribution is 5.76. The molecule has 0 aromatic heterocycles. The van der Waals surface area contributed by atoms with Crippen LogP contribution in [0.2, 0.25) is 0 Å². The first kappa shape index (κ1) is 15.9. The number of benzene rings is 2. The molecule has 0 aliphatic heterocycles. The van der Waals surface area contributed by atoms with Crippen LogP contribution in [0.15, 0.2) is 54.6 Å². The van der Waals surface area contributed by atoms with Gasteiger partial charge in [-0.05, 0) is 29.8 Å². The first-order chi connectivity index (χ1) is 10.7. The number of esters is 1. The average Bonchev–Trinajstić information content (AvgIpc) is 2.59. The minimum atomic E-state index is -1.31. The van der Waals surface area contributed by atoms with Crippen molar-refractivity contribution in [2.75, 3.05) is 19.5 Å². The summed E-state index contributed by atoms with van der Waals surface area (Å²) in [6.45, 7) is 0. The fraction of sp³-hybridized carbons (Fsp3) is 0.235. The Morgan fingerprint density at radius 3 is 2.23 bits per heavy atom. The number of methoxy groups -OCH3 is 2. The lowest BCUT2D eigenvalue weighted by atomic mass is 10.0. The number of hydrogen-bond acceptors (Lipinski definition) is 5. The Labute approximate surface area is 129 Å². The van der Waals surface area contributed by atoms with Crippen LogP contribution in [-0.2, 0) is 9.53 Å². The van der Waals surface area contributed by atoms with Crippen molar-refractivity contribution in [1.82, 2.24) is 0 Å². The third-order valence-electron chi connectivity index (χ3n) is 3.33. The molecular weight excluding hydrogens is 282 g/mol. The summed E-state index contributed by atoms with van der Waals surface area (Å²) < 4.78 is 9.75. The van der Waals surface area contributed by atoms with E-state index in [1.807, 2.05) is 42.5 Å². The van der Waals surface area contributed by atoms with Crippen molar-refractivity contribution < 1.29 is 19.4 Å². The van der Waals surface area contributed by atoms with Crippen molar-refractivity contribution >= 4 is 11.7 Å². The molecule has 2 rings (SSSR count). The van der Waals surface area contributed by atoms with Gasteiger partial charge in [0.25, 0.3) is 0 Å². The molecule has 0 heterocycles. The predicted molar refractivity (Wildman–Crippen MR) is 83.8 cm³/mol. The summed E-state index contributed by atoms with van der Waals surface area (Å²) in [7, 11) is 2.84. The highest BCUT2D eigenvalue weighted by Crippen LogP contribution is 2.25. The number of anilines is 1. The normalized spacial score (nSPS) is 13.0. The fourth-order valence-corrected chi connectivity index (χ4v) is 2.13. The van der Waals surface area contributed by atoms with E-state index in [1.165, 1.54) is 7.11 Å². The molecule has 5 nitrogen and oxygen atoms in total. The molecule has 0 bridgehead atoms. The molecule has 2 aromatic carbocycles. The van der Waals surface area contributed by atoms with Gasteiger partial charge in [0.1, 0.15) is 5.75 Å². The van der Waals surface area contributed by atoms with Gasteiger partial charge >= 0.3 is 5.97 Å². The molecule has 0 saturated carbocycles. The molecule has 0 aliphatic rings. The van der Waals surface area contributed by atoms with Gasteiger partial charge in [-0.1, -0.05) is 30.3 Å². The number of carbonyl (C=O) groups excluding carboxylic acids is 1. The molecule has 0 saturated heterocycles. The number of ether oxygens (including phenoxy) is 2. The molecular formula is C17H19NO4. The highest BCUT2D eigenvalue weighted by Gasteiger charge is 2.28. The van der Waals surface area contributed by atoms with Crippen molar-refractivity contribution in [3.8, 4) is 5.75 Å². The van der Waals surface area contributed by atoms with Crippen LogP contribution >= 0.6 is 0 Å². The van der Waals surface area contributed by atoms with Crippen LogP contribution < -0.4 is 10.1 Å². The molecule has 0 aliphatic carbocycles. The molecule has 2 aromatic rings. The number of aliphatic hydroxyl groups excluding tert-OH is 1. The van der Waals surface area contributed by atoms with Gasteiger partial charge in [0.15, 0.2) is 6.10 Å². The third kappa shape index (κ3) is 3.77. The fourth-order valence-electron chi connectivity index (χ4n) is 2.13. The van der Waals surface area contributed by atoms with E-state index in [9.17, 15) is 9.90 Å². The molecule has 0 spiro atoms. The zero-order chi connectivity index (χ0) is 15.9. The second kappa shape index (κ2) is 7.47. The number of carbonyl (C=O) groups is 1. The van der Waals surface area contributed by atoms with Gasteiger partial charge in [-0.25, -0.2) is 4.79 Å². The Morgan fingerprint density at radius 1 is 1.05 bits per heavy atom. The molecule has 116 valence electrons. The van der Waals surface area contributed by atoms with Crippen LogP contribution in [0.1, 0.15) is 11.6 Å². The summed E-state index contributed by atoms with van der Waals surface area (Å²) in [6, 6.07) is 15.9. The molecule has 0 radical (unpaired) electrons. The van der Waals surface area contributed by atoms with E-state index in [1.54, 1.807) is 19.2 Å². The van der Waals surface area contributed by atoms with E-state index in [0.29, 0.717) is 0 Å². The van der Waals surface area contributed by atoms with Crippen LogP contribution in [0.3, 0.4) is 0 Å². The maximum Gasteiger partial charge on any atom is 0.337 e. The highest BCUT2D eigenvalue weighted by atomic mass is 16.5. The largest absolute Gasteiger partial charge is 0.497 e. The van der Waals surface area contributed by atoms with Crippen molar-refractivity contribution in [2.24, 2.45) is 0 Å². The summed E-state index contributed by atoms with van der Waals surface area (Å²) in [5.74, 6) is 0.0465. The van der Waals surface area contributed by atoms with E-state index >= 15 is 0 Å². The average molecular weight is 301 g/mol. The minimum absolute atomic E-state index is 0.609. The second-order valence-corrected chi connectivity index (χ2v) is 4.73. The van der Waals surface area contributed by atoms with Gasteiger partial charge in [0.05, 0.1) is 20.3 Å². The Bertz CT molecular complexity index is 598. The van der Waals surface area contributed by atoms with Crippen LogP contribution in [0.4, 0.5) is 5.69 Å². The molecule has 5 heteroatoms. The number of rotatable bonds is 6. The Morgan fingerprint density at radius 2 is 1.68 bits per heavy atom. The second-order valence-electron chi connectivity index (χ2n) is 4.73. The number of hydrogen-bond donors (Lipinski definition) is 2. The predicted octanol–water partition coefficient (Wildman–Crippen LogP) is 2.38. The van der Waals surface area contributed by atoms with E-state index in [-0.39, 0.29) is 0 Å². The van der Waals surface area contributed by atoms with Gasteiger partial charge in [-0.3, -0.25) is 0 Å². The van der Waals surface area contributed by atoms with Crippen molar-refractivity contribution in [3.63, 3.8) is 0 Å². The van der Waals surface area contributed by atoms with Crippen molar-refractivity contribution in [1.29, 1.82) is 0 Å². The van der Waals surface area contributed by atoms with Gasteiger partial charge in [-0.2, -0.15) is 0 Å². The lowest BCUT2D eigenvalue weighted by molar-refractivity contribution is -0.151. The summed E-state index contributed by atoms with van der Waals surface area (Å²) >= 11 is 0. The standard InChI is InChI=1S/C17H19NO4/c1-21-14-10-8-13(9-11-14)18-15(16(19)17(20)22-2)12-6-4-3-5-7-12/h3-11,15-16,18-19H,1-2H3/t15-,16+/m1/s1. The van der Waals surface area contributed by atoms with Gasteiger partial charge in [0.2, 0.25) is 0 Å².